The Kier molecular flexibility index (Phi) is 6.57. The summed E-state index contributed by atoms with van der Waals surface area (Å²) in [6, 6.07) is 16.6. The van der Waals surface area contributed by atoms with E-state index in [-0.39, 0.29) is 6.04 Å². The lowest BCUT2D eigenvalue weighted by molar-refractivity contribution is -0.144. The van der Waals surface area contributed by atoms with Gasteiger partial charge in [-0.2, -0.15) is 0 Å². The van der Waals surface area contributed by atoms with Gasteiger partial charge in [0.05, 0.1) is 12.3 Å². The normalized spacial score (nSPS) is 10.4. The van der Waals surface area contributed by atoms with Gasteiger partial charge in [0, 0.05) is 12.6 Å². The van der Waals surface area contributed by atoms with Crippen LogP contribution in [0.1, 0.15) is 26.3 Å². The molecule has 1 N–H and O–H groups in total. The van der Waals surface area contributed by atoms with Crippen LogP contribution < -0.4 is 10.1 Å². The molecule has 0 unspecified atom stereocenters. The molecule has 25 heavy (non-hydrogen) atoms. The molecule has 5 heteroatoms. The van der Waals surface area contributed by atoms with Crippen LogP contribution in [0.2, 0.25) is 0 Å². The molecule has 2 aromatic rings. The third kappa shape index (κ3) is 5.08. The largest absolute Gasteiger partial charge is 0.492 e. The first kappa shape index (κ1) is 18.5. The third-order valence-electron chi connectivity index (χ3n) is 3.71. The molecule has 0 atom stereocenters. The molecule has 5 nitrogen and oxygen atoms in total. The van der Waals surface area contributed by atoms with Gasteiger partial charge < -0.3 is 15.0 Å². The van der Waals surface area contributed by atoms with E-state index in [1.165, 1.54) is 0 Å². The van der Waals surface area contributed by atoms with Crippen LogP contribution in [0.25, 0.3) is 0 Å². The number of ether oxygens (including phenoxy) is 1. The van der Waals surface area contributed by atoms with Crippen molar-refractivity contribution in [3.8, 4) is 5.75 Å². The maximum atomic E-state index is 12.6. The standard InChI is InChI=1S/C20H24N2O3/c1-4-25-18-13-9-8-12-17(18)21-19(23)20(24)22(15(2)3)14-16-10-6-5-7-11-16/h5-13,15H,4,14H2,1-3H3,(H,21,23). The van der Waals surface area contributed by atoms with Crippen molar-refractivity contribution in [3.05, 3.63) is 60.2 Å². The summed E-state index contributed by atoms with van der Waals surface area (Å²) < 4.78 is 5.48. The highest BCUT2D eigenvalue weighted by atomic mass is 16.5. The maximum absolute atomic E-state index is 12.6. The van der Waals surface area contributed by atoms with Crippen molar-refractivity contribution in [1.29, 1.82) is 0 Å². The number of para-hydroxylation sites is 2. The van der Waals surface area contributed by atoms with Crippen LogP contribution >= 0.6 is 0 Å². The summed E-state index contributed by atoms with van der Waals surface area (Å²) >= 11 is 0. The van der Waals surface area contributed by atoms with Crippen molar-refractivity contribution in [2.75, 3.05) is 11.9 Å². The van der Waals surface area contributed by atoms with E-state index in [1.54, 1.807) is 23.1 Å². The fraction of sp³-hybridized carbons (Fsp3) is 0.300. The summed E-state index contributed by atoms with van der Waals surface area (Å²) in [5, 5.41) is 2.66. The minimum Gasteiger partial charge on any atom is -0.492 e. The molecule has 2 amide bonds. The Labute approximate surface area is 148 Å². The predicted molar refractivity (Wildman–Crippen MR) is 98.4 cm³/mol. The van der Waals surface area contributed by atoms with Crippen molar-refractivity contribution in [2.45, 2.75) is 33.4 Å². The predicted octanol–water partition coefficient (Wildman–Crippen LogP) is 3.46. The molecule has 0 aliphatic carbocycles. The molecule has 0 fully saturated rings. The van der Waals surface area contributed by atoms with Gasteiger partial charge in [0.25, 0.3) is 0 Å². The lowest BCUT2D eigenvalue weighted by Gasteiger charge is -2.26. The highest BCUT2D eigenvalue weighted by Gasteiger charge is 2.25. The molecular formula is C20H24N2O3. The zero-order valence-corrected chi connectivity index (χ0v) is 14.9. The summed E-state index contributed by atoms with van der Waals surface area (Å²) in [7, 11) is 0. The Bertz CT molecular complexity index is 714. The molecule has 2 aromatic carbocycles. The quantitative estimate of drug-likeness (QED) is 0.819. The first-order valence-corrected chi connectivity index (χ1v) is 8.40. The number of carbonyl (C=O) groups excluding carboxylic acids is 2. The number of rotatable bonds is 6. The monoisotopic (exact) mass is 340 g/mol. The molecule has 0 aromatic heterocycles. The van der Waals surface area contributed by atoms with Crippen molar-refractivity contribution in [3.63, 3.8) is 0 Å². The van der Waals surface area contributed by atoms with E-state index in [1.807, 2.05) is 57.2 Å². The van der Waals surface area contributed by atoms with Gasteiger partial charge in [0.2, 0.25) is 0 Å². The SMILES string of the molecule is CCOc1ccccc1NC(=O)C(=O)N(Cc1ccccc1)C(C)C. The van der Waals surface area contributed by atoms with Gasteiger partial charge in [-0.1, -0.05) is 42.5 Å². The molecule has 0 bridgehead atoms. The first-order valence-electron chi connectivity index (χ1n) is 8.40. The summed E-state index contributed by atoms with van der Waals surface area (Å²) in [6.45, 7) is 6.51. The molecule has 0 saturated carbocycles. The molecule has 0 saturated heterocycles. The van der Waals surface area contributed by atoms with Crippen molar-refractivity contribution in [1.82, 2.24) is 4.90 Å². The van der Waals surface area contributed by atoms with Gasteiger partial charge in [-0.3, -0.25) is 9.59 Å². The number of nitrogens with one attached hydrogen (secondary N) is 1. The molecule has 132 valence electrons. The fourth-order valence-corrected chi connectivity index (χ4v) is 2.43. The average Bonchev–Trinajstić information content (AvgIpc) is 2.61. The number of nitrogens with zero attached hydrogens (tertiary/aromatic N) is 1. The van der Waals surface area contributed by atoms with Crippen LogP contribution in [0.5, 0.6) is 5.75 Å². The van der Waals surface area contributed by atoms with Crippen LogP contribution in [-0.4, -0.2) is 29.4 Å². The number of amides is 2. The Morgan fingerprint density at radius 3 is 2.32 bits per heavy atom. The maximum Gasteiger partial charge on any atom is 0.314 e. The second-order valence-electron chi connectivity index (χ2n) is 5.90. The van der Waals surface area contributed by atoms with E-state index in [2.05, 4.69) is 5.32 Å². The van der Waals surface area contributed by atoms with Crippen LogP contribution in [-0.2, 0) is 16.1 Å². The Morgan fingerprint density at radius 1 is 1.04 bits per heavy atom. The van der Waals surface area contributed by atoms with Crippen LogP contribution in [0.4, 0.5) is 5.69 Å². The summed E-state index contributed by atoms with van der Waals surface area (Å²) in [5.41, 5.74) is 1.47. The molecule has 0 radical (unpaired) electrons. The van der Waals surface area contributed by atoms with E-state index >= 15 is 0 Å². The molecule has 0 heterocycles. The number of hydrogen-bond acceptors (Lipinski definition) is 3. The van der Waals surface area contributed by atoms with E-state index in [0.717, 1.165) is 5.56 Å². The number of benzene rings is 2. The smallest absolute Gasteiger partial charge is 0.314 e. The van der Waals surface area contributed by atoms with E-state index in [0.29, 0.717) is 24.6 Å². The Morgan fingerprint density at radius 2 is 1.68 bits per heavy atom. The third-order valence-corrected chi connectivity index (χ3v) is 3.71. The van der Waals surface area contributed by atoms with Gasteiger partial charge in [0.1, 0.15) is 5.75 Å². The highest BCUT2D eigenvalue weighted by Crippen LogP contribution is 2.23. The van der Waals surface area contributed by atoms with Crippen LogP contribution in [0.3, 0.4) is 0 Å². The summed E-state index contributed by atoms with van der Waals surface area (Å²) in [6.07, 6.45) is 0. The summed E-state index contributed by atoms with van der Waals surface area (Å²) in [5.74, 6) is -0.688. The average molecular weight is 340 g/mol. The van der Waals surface area contributed by atoms with Gasteiger partial charge >= 0.3 is 11.8 Å². The number of anilines is 1. The van der Waals surface area contributed by atoms with Gasteiger partial charge in [-0.05, 0) is 38.5 Å². The highest BCUT2D eigenvalue weighted by molar-refractivity contribution is 6.39. The number of carbonyl (C=O) groups is 2. The second-order valence-corrected chi connectivity index (χ2v) is 5.90. The van der Waals surface area contributed by atoms with Gasteiger partial charge in [-0.25, -0.2) is 0 Å². The second kappa shape index (κ2) is 8.87. The molecule has 0 aliphatic heterocycles. The van der Waals surface area contributed by atoms with Crippen molar-refractivity contribution in [2.24, 2.45) is 0 Å². The molecule has 0 spiro atoms. The van der Waals surface area contributed by atoms with Crippen molar-refractivity contribution < 1.29 is 14.3 Å². The zero-order chi connectivity index (χ0) is 18.2. The van der Waals surface area contributed by atoms with E-state index in [9.17, 15) is 9.59 Å². The number of hydrogen-bond donors (Lipinski definition) is 1. The molecule has 0 aliphatic rings. The van der Waals surface area contributed by atoms with Gasteiger partial charge in [0.15, 0.2) is 0 Å². The Balaban J connectivity index is 2.12. The zero-order valence-electron chi connectivity index (χ0n) is 14.9. The topological polar surface area (TPSA) is 58.6 Å². The summed E-state index contributed by atoms with van der Waals surface area (Å²) in [4.78, 5) is 26.6. The lowest BCUT2D eigenvalue weighted by Crippen LogP contribution is -2.43. The van der Waals surface area contributed by atoms with E-state index < -0.39 is 11.8 Å². The lowest BCUT2D eigenvalue weighted by atomic mass is 10.2. The minimum absolute atomic E-state index is 0.0967. The first-order chi connectivity index (χ1) is 12.0. The van der Waals surface area contributed by atoms with Gasteiger partial charge in [-0.15, -0.1) is 0 Å². The Hall–Kier alpha value is -2.82. The van der Waals surface area contributed by atoms with E-state index in [4.69, 9.17) is 4.74 Å². The molecular weight excluding hydrogens is 316 g/mol. The van der Waals surface area contributed by atoms with Crippen molar-refractivity contribution >= 4 is 17.5 Å². The minimum atomic E-state index is -0.670. The fourth-order valence-electron chi connectivity index (χ4n) is 2.43. The molecule has 2 rings (SSSR count). The van der Waals surface area contributed by atoms with Crippen LogP contribution in [0, 0.1) is 0 Å². The van der Waals surface area contributed by atoms with Crippen LogP contribution in [0.15, 0.2) is 54.6 Å².